The zero-order chi connectivity index (χ0) is 11.3. The Labute approximate surface area is 91.5 Å². The fourth-order valence-electron chi connectivity index (χ4n) is 1.44. The topological polar surface area (TPSA) is 43.1 Å². The molecular weight excluding hydrogens is 186 g/mol. The molecule has 2 heteroatoms. The van der Waals surface area contributed by atoms with E-state index in [0.717, 1.165) is 12.8 Å². The van der Waals surface area contributed by atoms with Crippen LogP contribution in [0.4, 0.5) is 0 Å². The Bertz CT molecular complexity index is 316. The first-order valence-electron chi connectivity index (χ1n) is 5.47. The molecule has 1 aromatic carbocycles. The zero-order valence-electron chi connectivity index (χ0n) is 9.49. The van der Waals surface area contributed by atoms with E-state index in [2.05, 4.69) is 31.2 Å². The zero-order valence-corrected chi connectivity index (χ0v) is 9.49. The Morgan fingerprint density at radius 1 is 1.33 bits per heavy atom. The number of carbonyl (C=O) groups is 1. The van der Waals surface area contributed by atoms with E-state index in [9.17, 15) is 4.79 Å². The number of nitrogens with two attached hydrogens (primary N) is 1. The molecule has 1 aromatic rings. The molecule has 15 heavy (non-hydrogen) atoms. The van der Waals surface area contributed by atoms with Gasteiger partial charge in [-0.2, -0.15) is 0 Å². The molecule has 82 valence electrons. The molecule has 0 aliphatic rings. The van der Waals surface area contributed by atoms with E-state index in [-0.39, 0.29) is 11.8 Å². The van der Waals surface area contributed by atoms with Crippen LogP contribution in [0, 0.1) is 6.92 Å². The minimum atomic E-state index is -0.282. The van der Waals surface area contributed by atoms with E-state index in [0.29, 0.717) is 6.42 Å². The van der Waals surface area contributed by atoms with Crippen LogP contribution in [0.25, 0.3) is 0 Å². The third-order valence-corrected chi connectivity index (χ3v) is 2.63. The Hall–Kier alpha value is -1.15. The molecule has 0 heterocycles. The van der Waals surface area contributed by atoms with Gasteiger partial charge in [0.15, 0.2) is 0 Å². The van der Waals surface area contributed by atoms with Crippen molar-refractivity contribution in [1.82, 2.24) is 0 Å². The smallest absolute Gasteiger partial charge is 0.149 e. The first-order chi connectivity index (χ1) is 7.13. The molecule has 0 amide bonds. The standard InChI is InChI=1S/C13H19NO/c1-3-12(14)13(15)9-8-11-6-4-10(2)5-7-11/h4-7,12H,3,8-9,14H2,1-2H3. The van der Waals surface area contributed by atoms with Crippen LogP contribution in [-0.4, -0.2) is 11.8 Å². The predicted molar refractivity (Wildman–Crippen MR) is 62.8 cm³/mol. The van der Waals surface area contributed by atoms with Crippen molar-refractivity contribution in [2.45, 2.75) is 39.2 Å². The van der Waals surface area contributed by atoms with Crippen LogP contribution >= 0.6 is 0 Å². The van der Waals surface area contributed by atoms with Gasteiger partial charge in [0.25, 0.3) is 0 Å². The number of carbonyl (C=O) groups excluding carboxylic acids is 1. The highest BCUT2D eigenvalue weighted by Gasteiger charge is 2.10. The lowest BCUT2D eigenvalue weighted by atomic mass is 10.0. The van der Waals surface area contributed by atoms with Crippen LogP contribution in [0.15, 0.2) is 24.3 Å². The molecule has 0 bridgehead atoms. The maximum absolute atomic E-state index is 11.5. The van der Waals surface area contributed by atoms with Crippen LogP contribution in [0.3, 0.4) is 0 Å². The van der Waals surface area contributed by atoms with Crippen molar-refractivity contribution in [3.8, 4) is 0 Å². The fraction of sp³-hybridized carbons (Fsp3) is 0.462. The van der Waals surface area contributed by atoms with Crippen molar-refractivity contribution in [3.63, 3.8) is 0 Å². The van der Waals surface area contributed by atoms with Crippen LogP contribution in [0.1, 0.15) is 30.9 Å². The van der Waals surface area contributed by atoms with Gasteiger partial charge in [-0.15, -0.1) is 0 Å². The van der Waals surface area contributed by atoms with Gasteiger partial charge in [-0.25, -0.2) is 0 Å². The van der Waals surface area contributed by atoms with Gasteiger partial charge in [0, 0.05) is 6.42 Å². The van der Waals surface area contributed by atoms with Crippen LogP contribution in [0.5, 0.6) is 0 Å². The van der Waals surface area contributed by atoms with E-state index >= 15 is 0 Å². The molecule has 1 unspecified atom stereocenters. The summed E-state index contributed by atoms with van der Waals surface area (Å²) in [5.74, 6) is 0.165. The molecule has 2 N–H and O–H groups in total. The third-order valence-electron chi connectivity index (χ3n) is 2.63. The van der Waals surface area contributed by atoms with Gasteiger partial charge in [-0.05, 0) is 25.3 Å². The molecule has 0 radical (unpaired) electrons. The van der Waals surface area contributed by atoms with E-state index in [1.54, 1.807) is 0 Å². The van der Waals surface area contributed by atoms with Crippen molar-refractivity contribution < 1.29 is 4.79 Å². The molecule has 0 aliphatic heterocycles. The molecule has 1 rings (SSSR count). The average molecular weight is 205 g/mol. The quantitative estimate of drug-likeness (QED) is 0.801. The highest BCUT2D eigenvalue weighted by atomic mass is 16.1. The van der Waals surface area contributed by atoms with E-state index in [1.807, 2.05) is 6.92 Å². The summed E-state index contributed by atoms with van der Waals surface area (Å²) in [6, 6.07) is 8.00. The summed E-state index contributed by atoms with van der Waals surface area (Å²) in [5.41, 5.74) is 8.11. The Morgan fingerprint density at radius 3 is 2.47 bits per heavy atom. The van der Waals surface area contributed by atoms with Gasteiger partial charge < -0.3 is 5.73 Å². The average Bonchev–Trinajstić information content (AvgIpc) is 2.26. The molecule has 2 nitrogen and oxygen atoms in total. The number of hydrogen-bond donors (Lipinski definition) is 1. The number of Topliss-reactive ketones (excluding diaryl/α,β-unsaturated/α-hetero) is 1. The molecule has 1 atom stereocenters. The Morgan fingerprint density at radius 2 is 1.93 bits per heavy atom. The predicted octanol–water partition coefficient (Wildman–Crippen LogP) is 2.23. The van der Waals surface area contributed by atoms with Gasteiger partial charge >= 0.3 is 0 Å². The van der Waals surface area contributed by atoms with Gasteiger partial charge in [-0.1, -0.05) is 36.8 Å². The normalized spacial score (nSPS) is 12.5. The van der Waals surface area contributed by atoms with Gasteiger partial charge in [-0.3, -0.25) is 4.79 Å². The summed E-state index contributed by atoms with van der Waals surface area (Å²) in [6.45, 7) is 4.00. The maximum Gasteiger partial charge on any atom is 0.149 e. The first kappa shape index (κ1) is 11.9. The minimum absolute atomic E-state index is 0.165. The Balaban J connectivity index is 2.43. The Kier molecular flexibility index (Phi) is 4.50. The lowest BCUT2D eigenvalue weighted by Crippen LogP contribution is -2.29. The number of hydrogen-bond acceptors (Lipinski definition) is 2. The summed E-state index contributed by atoms with van der Waals surface area (Å²) in [5, 5.41) is 0. The van der Waals surface area contributed by atoms with Gasteiger partial charge in [0.2, 0.25) is 0 Å². The molecule has 0 saturated heterocycles. The number of rotatable bonds is 5. The molecule has 0 spiro atoms. The first-order valence-corrected chi connectivity index (χ1v) is 5.47. The lowest BCUT2D eigenvalue weighted by Gasteiger charge is -2.07. The molecule has 0 aliphatic carbocycles. The third kappa shape index (κ3) is 3.84. The summed E-state index contributed by atoms with van der Waals surface area (Å²) >= 11 is 0. The minimum Gasteiger partial charge on any atom is -0.322 e. The molecule has 0 fully saturated rings. The lowest BCUT2D eigenvalue weighted by molar-refractivity contribution is -0.120. The van der Waals surface area contributed by atoms with Crippen molar-refractivity contribution in [2.75, 3.05) is 0 Å². The molecule has 0 saturated carbocycles. The van der Waals surface area contributed by atoms with Gasteiger partial charge in [0.1, 0.15) is 5.78 Å². The van der Waals surface area contributed by atoms with E-state index < -0.39 is 0 Å². The monoisotopic (exact) mass is 205 g/mol. The van der Waals surface area contributed by atoms with Crippen molar-refractivity contribution in [3.05, 3.63) is 35.4 Å². The molecule has 0 aromatic heterocycles. The summed E-state index contributed by atoms with van der Waals surface area (Å²) < 4.78 is 0. The van der Waals surface area contributed by atoms with Crippen LogP contribution in [-0.2, 0) is 11.2 Å². The SMILES string of the molecule is CCC(N)C(=O)CCc1ccc(C)cc1. The number of ketones is 1. The van der Waals surface area contributed by atoms with Crippen molar-refractivity contribution in [1.29, 1.82) is 0 Å². The van der Waals surface area contributed by atoms with Gasteiger partial charge in [0.05, 0.1) is 6.04 Å². The fourth-order valence-corrected chi connectivity index (χ4v) is 1.44. The summed E-state index contributed by atoms with van der Waals surface area (Å²) in [4.78, 5) is 11.5. The van der Waals surface area contributed by atoms with E-state index in [1.165, 1.54) is 11.1 Å². The second-order valence-electron chi connectivity index (χ2n) is 3.97. The van der Waals surface area contributed by atoms with Crippen LogP contribution < -0.4 is 5.73 Å². The van der Waals surface area contributed by atoms with Crippen LogP contribution in [0.2, 0.25) is 0 Å². The second kappa shape index (κ2) is 5.66. The number of benzene rings is 1. The maximum atomic E-state index is 11.5. The highest BCUT2D eigenvalue weighted by molar-refractivity contribution is 5.83. The summed E-state index contributed by atoms with van der Waals surface area (Å²) in [6.07, 6.45) is 2.08. The summed E-state index contributed by atoms with van der Waals surface area (Å²) in [7, 11) is 0. The van der Waals surface area contributed by atoms with E-state index in [4.69, 9.17) is 5.73 Å². The van der Waals surface area contributed by atoms with Crippen molar-refractivity contribution in [2.24, 2.45) is 5.73 Å². The molecular formula is C13H19NO. The largest absolute Gasteiger partial charge is 0.322 e. The highest BCUT2D eigenvalue weighted by Crippen LogP contribution is 2.07. The second-order valence-corrected chi connectivity index (χ2v) is 3.97. The number of aryl methyl sites for hydroxylation is 2. The van der Waals surface area contributed by atoms with Crippen molar-refractivity contribution >= 4 is 5.78 Å².